The van der Waals surface area contributed by atoms with Crippen molar-refractivity contribution in [2.75, 3.05) is 19.8 Å². The third kappa shape index (κ3) is 3.23. The van der Waals surface area contributed by atoms with E-state index in [0.29, 0.717) is 0 Å². The average Bonchev–Trinajstić information content (AvgIpc) is 2.54. The van der Waals surface area contributed by atoms with E-state index in [0.717, 1.165) is 44.5 Å². The highest BCUT2D eigenvalue weighted by Crippen LogP contribution is 2.25. The van der Waals surface area contributed by atoms with Gasteiger partial charge in [0, 0.05) is 43.5 Å². The van der Waals surface area contributed by atoms with Crippen LogP contribution in [0.25, 0.3) is 10.9 Å². The Morgan fingerprint density at radius 3 is 2.81 bits per heavy atom. The van der Waals surface area contributed by atoms with Crippen molar-refractivity contribution in [3.8, 4) is 0 Å². The number of rotatable bonds is 5. The molecule has 0 unspecified atom stereocenters. The van der Waals surface area contributed by atoms with E-state index < -0.39 is 0 Å². The van der Waals surface area contributed by atoms with Gasteiger partial charge in [0.1, 0.15) is 0 Å². The molecule has 0 aliphatic carbocycles. The topological polar surface area (TPSA) is 54.4 Å². The van der Waals surface area contributed by atoms with Crippen LogP contribution in [0.5, 0.6) is 0 Å². The lowest BCUT2D eigenvalue weighted by molar-refractivity contribution is 0.0268. The lowest BCUT2D eigenvalue weighted by atomic mass is 9.86. The summed E-state index contributed by atoms with van der Waals surface area (Å²) in [6, 6.07) is 10.3. The molecular weight excluding hydrogens is 264 g/mol. The number of aliphatic hydroxyl groups is 1. The van der Waals surface area contributed by atoms with Gasteiger partial charge in [-0.05, 0) is 30.9 Å². The van der Waals surface area contributed by atoms with Crippen molar-refractivity contribution in [1.29, 1.82) is 0 Å². The summed E-state index contributed by atoms with van der Waals surface area (Å²) in [5.41, 5.74) is 2.25. The Bertz CT molecular complexity index is 583. The van der Waals surface area contributed by atoms with Gasteiger partial charge in [-0.25, -0.2) is 0 Å². The van der Waals surface area contributed by atoms with Gasteiger partial charge in [-0.15, -0.1) is 0 Å². The summed E-state index contributed by atoms with van der Waals surface area (Å²) in [4.78, 5) is 4.50. The predicted octanol–water partition coefficient (Wildman–Crippen LogP) is 2.26. The zero-order valence-corrected chi connectivity index (χ0v) is 12.2. The molecule has 0 amide bonds. The molecule has 21 heavy (non-hydrogen) atoms. The summed E-state index contributed by atoms with van der Waals surface area (Å²) in [5.74, 6) is 0. The van der Waals surface area contributed by atoms with Crippen molar-refractivity contribution < 1.29 is 9.84 Å². The van der Waals surface area contributed by atoms with Crippen molar-refractivity contribution in [3.05, 3.63) is 42.1 Å². The maximum Gasteiger partial charge on any atom is 0.0746 e. The Balaban J connectivity index is 1.78. The van der Waals surface area contributed by atoms with Crippen molar-refractivity contribution in [2.45, 2.75) is 31.3 Å². The van der Waals surface area contributed by atoms with Gasteiger partial charge in [0.2, 0.25) is 0 Å². The Morgan fingerprint density at radius 2 is 2.00 bits per heavy atom. The highest BCUT2D eigenvalue weighted by Gasteiger charge is 2.31. The normalized spacial score (nSPS) is 18.0. The van der Waals surface area contributed by atoms with Crippen molar-refractivity contribution in [1.82, 2.24) is 10.3 Å². The van der Waals surface area contributed by atoms with Crippen molar-refractivity contribution >= 4 is 10.9 Å². The number of nitrogens with one attached hydrogen (secondary N) is 1. The molecule has 2 N–H and O–H groups in total. The molecule has 1 aliphatic rings. The first-order valence-electron chi connectivity index (χ1n) is 7.59. The van der Waals surface area contributed by atoms with Gasteiger partial charge in [-0.3, -0.25) is 4.98 Å². The summed E-state index contributed by atoms with van der Waals surface area (Å²) in [7, 11) is 0. The molecule has 1 aliphatic heterocycles. The second-order valence-corrected chi connectivity index (χ2v) is 5.71. The number of hydrogen-bond donors (Lipinski definition) is 2. The van der Waals surface area contributed by atoms with Gasteiger partial charge in [0.15, 0.2) is 0 Å². The molecule has 1 fully saturated rings. The summed E-state index contributed by atoms with van der Waals surface area (Å²) in [6.45, 7) is 2.51. The molecule has 0 atom stereocenters. The summed E-state index contributed by atoms with van der Waals surface area (Å²) in [6.07, 6.45) is 4.51. The second-order valence-electron chi connectivity index (χ2n) is 5.71. The number of aromatic nitrogens is 1. The van der Waals surface area contributed by atoms with E-state index in [1.165, 1.54) is 10.9 Å². The molecule has 2 heterocycles. The van der Waals surface area contributed by atoms with Crippen LogP contribution in [0.4, 0.5) is 0 Å². The number of hydrogen-bond acceptors (Lipinski definition) is 4. The van der Waals surface area contributed by atoms with Gasteiger partial charge in [0.05, 0.1) is 5.52 Å². The molecule has 0 bridgehead atoms. The SMILES string of the molecule is OCCC1(NCc2cccc3cccnc23)CCOCC1. The van der Waals surface area contributed by atoms with Crippen LogP contribution in [-0.4, -0.2) is 35.5 Å². The minimum atomic E-state index is -0.00998. The van der Waals surface area contributed by atoms with Crippen LogP contribution in [0.3, 0.4) is 0 Å². The third-order valence-corrected chi connectivity index (χ3v) is 4.41. The van der Waals surface area contributed by atoms with E-state index in [1.807, 2.05) is 12.3 Å². The fourth-order valence-electron chi connectivity index (χ4n) is 3.08. The molecule has 0 radical (unpaired) electrons. The standard InChI is InChI=1S/C17H22N2O2/c20-10-6-17(7-11-21-12-8-17)19-13-15-4-1-3-14-5-2-9-18-16(14)15/h1-5,9,19-20H,6-8,10-13H2. The number of benzene rings is 1. The molecule has 1 aromatic carbocycles. The number of fused-ring (bicyclic) bond motifs is 1. The number of ether oxygens (including phenoxy) is 1. The number of para-hydroxylation sites is 1. The molecule has 0 spiro atoms. The Morgan fingerprint density at radius 1 is 1.19 bits per heavy atom. The van der Waals surface area contributed by atoms with Crippen LogP contribution >= 0.6 is 0 Å². The van der Waals surface area contributed by atoms with Crippen LogP contribution in [0.15, 0.2) is 36.5 Å². The Hall–Kier alpha value is -1.49. The van der Waals surface area contributed by atoms with Gasteiger partial charge in [-0.1, -0.05) is 24.3 Å². The smallest absolute Gasteiger partial charge is 0.0746 e. The molecule has 4 heteroatoms. The Kier molecular flexibility index (Phi) is 4.48. The number of pyridine rings is 1. The highest BCUT2D eigenvalue weighted by molar-refractivity contribution is 5.81. The summed E-state index contributed by atoms with van der Waals surface area (Å²) in [5, 5.41) is 14.2. The summed E-state index contributed by atoms with van der Waals surface area (Å²) >= 11 is 0. The van der Waals surface area contributed by atoms with Gasteiger partial charge >= 0.3 is 0 Å². The molecular formula is C17H22N2O2. The Labute approximate surface area is 125 Å². The molecule has 1 aromatic heterocycles. The molecule has 2 aromatic rings. The van der Waals surface area contributed by atoms with Crippen LogP contribution in [0.1, 0.15) is 24.8 Å². The van der Waals surface area contributed by atoms with E-state index in [4.69, 9.17) is 4.74 Å². The van der Waals surface area contributed by atoms with Crippen molar-refractivity contribution in [3.63, 3.8) is 0 Å². The lowest BCUT2D eigenvalue weighted by Crippen LogP contribution is -2.49. The van der Waals surface area contributed by atoms with Gasteiger partial charge < -0.3 is 15.2 Å². The minimum Gasteiger partial charge on any atom is -0.396 e. The van der Waals surface area contributed by atoms with Gasteiger partial charge in [0.25, 0.3) is 0 Å². The molecule has 3 rings (SSSR count). The van der Waals surface area contributed by atoms with E-state index in [1.54, 1.807) is 0 Å². The fraction of sp³-hybridized carbons (Fsp3) is 0.471. The first-order valence-corrected chi connectivity index (χ1v) is 7.59. The zero-order valence-electron chi connectivity index (χ0n) is 12.2. The lowest BCUT2D eigenvalue weighted by Gasteiger charge is -2.38. The van der Waals surface area contributed by atoms with Crippen LogP contribution in [0.2, 0.25) is 0 Å². The van der Waals surface area contributed by atoms with Crippen LogP contribution in [0, 0.1) is 0 Å². The number of aliphatic hydroxyl groups excluding tert-OH is 1. The maximum absolute atomic E-state index is 9.36. The zero-order chi connectivity index (χ0) is 14.5. The molecule has 4 nitrogen and oxygen atoms in total. The number of nitrogens with zero attached hydrogens (tertiary/aromatic N) is 1. The predicted molar refractivity (Wildman–Crippen MR) is 83.1 cm³/mol. The van der Waals surface area contributed by atoms with Crippen LogP contribution < -0.4 is 5.32 Å². The monoisotopic (exact) mass is 286 g/mol. The van der Waals surface area contributed by atoms with Crippen molar-refractivity contribution in [2.24, 2.45) is 0 Å². The molecule has 112 valence electrons. The third-order valence-electron chi connectivity index (χ3n) is 4.41. The molecule has 1 saturated heterocycles. The van der Waals surface area contributed by atoms with E-state index >= 15 is 0 Å². The highest BCUT2D eigenvalue weighted by atomic mass is 16.5. The summed E-state index contributed by atoms with van der Waals surface area (Å²) < 4.78 is 5.46. The van der Waals surface area contributed by atoms with E-state index in [2.05, 4.69) is 34.6 Å². The first-order chi connectivity index (χ1) is 10.3. The largest absolute Gasteiger partial charge is 0.396 e. The quantitative estimate of drug-likeness (QED) is 0.885. The fourth-order valence-corrected chi connectivity index (χ4v) is 3.08. The maximum atomic E-state index is 9.36. The molecule has 0 saturated carbocycles. The van der Waals surface area contributed by atoms with E-state index in [-0.39, 0.29) is 12.1 Å². The first kappa shape index (κ1) is 14.4. The average molecular weight is 286 g/mol. The van der Waals surface area contributed by atoms with E-state index in [9.17, 15) is 5.11 Å². The van der Waals surface area contributed by atoms with Crippen LogP contribution in [-0.2, 0) is 11.3 Å². The van der Waals surface area contributed by atoms with Gasteiger partial charge in [-0.2, -0.15) is 0 Å². The minimum absolute atomic E-state index is 0.00998. The second kappa shape index (κ2) is 6.52.